The summed E-state index contributed by atoms with van der Waals surface area (Å²) in [6.07, 6.45) is 5.77. The van der Waals surface area contributed by atoms with E-state index in [4.69, 9.17) is 0 Å². The van der Waals surface area contributed by atoms with Crippen LogP contribution in [0.25, 0.3) is 0 Å². The van der Waals surface area contributed by atoms with Gasteiger partial charge >= 0.3 is 0 Å². The Morgan fingerprint density at radius 3 is 2.67 bits per heavy atom. The van der Waals surface area contributed by atoms with E-state index < -0.39 is 0 Å². The van der Waals surface area contributed by atoms with Crippen LogP contribution in [0.3, 0.4) is 0 Å². The molecule has 1 saturated heterocycles. The first-order valence-corrected chi connectivity index (χ1v) is 11.9. The molecule has 6 heteroatoms. The molecule has 4 rings (SSSR count). The van der Waals surface area contributed by atoms with Gasteiger partial charge in [-0.15, -0.1) is 11.3 Å². The van der Waals surface area contributed by atoms with Crippen LogP contribution >= 0.6 is 11.3 Å². The van der Waals surface area contributed by atoms with Crippen LogP contribution in [-0.4, -0.2) is 54.3 Å². The molecule has 0 saturated carbocycles. The van der Waals surface area contributed by atoms with Crippen molar-refractivity contribution in [3.8, 4) is 0 Å². The standard InChI is InChI=1S/C24H31N3O2S/c1-18(20-10-9-19-6-2-3-7-21(19)16-20)25-23(28)17-26-11-5-12-27(14-13-26)24(29)22-8-4-15-30-22/h4,8-10,15-16,18H,2-3,5-7,11-14,17H2,1H3,(H,25,28). The van der Waals surface area contributed by atoms with Crippen molar-refractivity contribution in [3.63, 3.8) is 0 Å². The van der Waals surface area contributed by atoms with E-state index in [0.29, 0.717) is 13.1 Å². The normalized spacial score (nSPS) is 18.4. The van der Waals surface area contributed by atoms with Crippen molar-refractivity contribution in [2.45, 2.75) is 45.1 Å². The summed E-state index contributed by atoms with van der Waals surface area (Å²) in [5, 5.41) is 5.10. The zero-order valence-electron chi connectivity index (χ0n) is 17.7. The Balaban J connectivity index is 1.28. The minimum atomic E-state index is 0.00797. The Labute approximate surface area is 183 Å². The highest BCUT2D eigenvalue weighted by Crippen LogP contribution is 2.24. The Morgan fingerprint density at radius 2 is 1.87 bits per heavy atom. The van der Waals surface area contributed by atoms with Crippen LogP contribution < -0.4 is 5.32 Å². The lowest BCUT2D eigenvalue weighted by molar-refractivity contribution is -0.122. The molecule has 1 aromatic carbocycles. The van der Waals surface area contributed by atoms with E-state index in [0.717, 1.165) is 37.4 Å². The van der Waals surface area contributed by atoms with E-state index in [9.17, 15) is 9.59 Å². The average molecular weight is 426 g/mol. The number of nitrogens with one attached hydrogen (secondary N) is 1. The number of carbonyl (C=O) groups excluding carboxylic acids is 2. The molecule has 2 aromatic rings. The highest BCUT2D eigenvalue weighted by Gasteiger charge is 2.22. The number of benzene rings is 1. The zero-order chi connectivity index (χ0) is 20.9. The van der Waals surface area contributed by atoms with Crippen molar-refractivity contribution < 1.29 is 9.59 Å². The minimum absolute atomic E-state index is 0.00797. The maximum Gasteiger partial charge on any atom is 0.263 e. The lowest BCUT2D eigenvalue weighted by Gasteiger charge is -2.23. The summed E-state index contributed by atoms with van der Waals surface area (Å²) < 4.78 is 0. The molecule has 30 heavy (non-hydrogen) atoms. The lowest BCUT2D eigenvalue weighted by Crippen LogP contribution is -2.40. The fourth-order valence-corrected chi connectivity index (χ4v) is 5.18. The van der Waals surface area contributed by atoms with E-state index in [1.54, 1.807) is 0 Å². The predicted molar refractivity (Wildman–Crippen MR) is 121 cm³/mol. The van der Waals surface area contributed by atoms with Crippen LogP contribution in [0.4, 0.5) is 0 Å². The number of hydrogen-bond acceptors (Lipinski definition) is 4. The zero-order valence-corrected chi connectivity index (χ0v) is 18.5. The molecule has 5 nitrogen and oxygen atoms in total. The van der Waals surface area contributed by atoms with Crippen LogP contribution in [0.2, 0.25) is 0 Å². The summed E-state index contributed by atoms with van der Waals surface area (Å²) >= 11 is 1.49. The molecule has 1 aliphatic carbocycles. The molecule has 0 radical (unpaired) electrons. The average Bonchev–Trinajstić information content (AvgIpc) is 3.20. The van der Waals surface area contributed by atoms with Gasteiger partial charge in [0, 0.05) is 26.2 Å². The summed E-state index contributed by atoms with van der Waals surface area (Å²) in [5.74, 6) is 0.163. The Hall–Kier alpha value is -2.18. The van der Waals surface area contributed by atoms with E-state index >= 15 is 0 Å². The van der Waals surface area contributed by atoms with Crippen molar-refractivity contribution >= 4 is 23.2 Å². The highest BCUT2D eigenvalue weighted by atomic mass is 32.1. The second-order valence-electron chi connectivity index (χ2n) is 8.42. The molecule has 160 valence electrons. The first kappa shape index (κ1) is 21.1. The van der Waals surface area contributed by atoms with Crippen LogP contribution in [0.15, 0.2) is 35.7 Å². The van der Waals surface area contributed by atoms with E-state index in [2.05, 4.69) is 35.3 Å². The van der Waals surface area contributed by atoms with Gasteiger partial charge in [0.15, 0.2) is 0 Å². The number of nitrogens with zero attached hydrogens (tertiary/aromatic N) is 2. The SMILES string of the molecule is CC(NC(=O)CN1CCCN(C(=O)c2cccs2)CC1)c1ccc2c(c1)CCCC2. The predicted octanol–water partition coefficient (Wildman–Crippen LogP) is 3.65. The Bertz CT molecular complexity index is 881. The third kappa shape index (κ3) is 5.10. The van der Waals surface area contributed by atoms with Gasteiger partial charge in [0.25, 0.3) is 5.91 Å². The molecular weight excluding hydrogens is 394 g/mol. The first-order chi connectivity index (χ1) is 14.6. The molecular formula is C24H31N3O2S. The monoisotopic (exact) mass is 425 g/mol. The van der Waals surface area contributed by atoms with Crippen molar-refractivity contribution in [3.05, 3.63) is 57.3 Å². The molecule has 1 aliphatic heterocycles. The Morgan fingerprint density at radius 1 is 1.03 bits per heavy atom. The Kier molecular flexibility index (Phi) is 6.85. The van der Waals surface area contributed by atoms with Crippen LogP contribution in [0, 0.1) is 0 Å². The molecule has 0 spiro atoms. The number of carbonyl (C=O) groups is 2. The molecule has 2 heterocycles. The van der Waals surface area contributed by atoms with Crippen molar-refractivity contribution in [2.75, 3.05) is 32.7 Å². The van der Waals surface area contributed by atoms with Crippen molar-refractivity contribution in [1.29, 1.82) is 0 Å². The van der Waals surface area contributed by atoms with Gasteiger partial charge in [0.2, 0.25) is 5.91 Å². The molecule has 2 amide bonds. The number of hydrogen-bond donors (Lipinski definition) is 1. The van der Waals surface area contributed by atoms with Gasteiger partial charge in [-0.1, -0.05) is 24.3 Å². The molecule has 1 N–H and O–H groups in total. The quantitative estimate of drug-likeness (QED) is 0.796. The molecule has 1 aromatic heterocycles. The number of aryl methyl sites for hydroxylation is 2. The fraction of sp³-hybridized carbons (Fsp3) is 0.500. The molecule has 1 fully saturated rings. The summed E-state index contributed by atoms with van der Waals surface area (Å²) in [4.78, 5) is 30.1. The molecule has 2 aliphatic rings. The lowest BCUT2D eigenvalue weighted by atomic mass is 9.89. The summed E-state index contributed by atoms with van der Waals surface area (Å²) in [6, 6.07) is 10.5. The van der Waals surface area contributed by atoms with E-state index in [1.165, 1.54) is 47.3 Å². The number of thiophene rings is 1. The van der Waals surface area contributed by atoms with Gasteiger partial charge in [-0.3, -0.25) is 14.5 Å². The minimum Gasteiger partial charge on any atom is -0.348 e. The summed E-state index contributed by atoms with van der Waals surface area (Å²) in [7, 11) is 0. The first-order valence-electron chi connectivity index (χ1n) is 11.1. The largest absolute Gasteiger partial charge is 0.348 e. The van der Waals surface area contributed by atoms with Gasteiger partial charge < -0.3 is 10.2 Å². The van der Waals surface area contributed by atoms with Gasteiger partial charge in [0.1, 0.15) is 0 Å². The number of amides is 2. The van der Waals surface area contributed by atoms with Gasteiger partial charge in [-0.25, -0.2) is 0 Å². The van der Waals surface area contributed by atoms with Gasteiger partial charge in [-0.05, 0) is 67.2 Å². The summed E-state index contributed by atoms with van der Waals surface area (Å²) in [6.45, 7) is 5.44. The molecule has 1 atom stereocenters. The van der Waals surface area contributed by atoms with Crippen molar-refractivity contribution in [2.24, 2.45) is 0 Å². The number of fused-ring (bicyclic) bond motifs is 1. The van der Waals surface area contributed by atoms with Gasteiger partial charge in [-0.2, -0.15) is 0 Å². The van der Waals surface area contributed by atoms with E-state index in [-0.39, 0.29) is 17.9 Å². The second kappa shape index (κ2) is 9.75. The molecule has 1 unspecified atom stereocenters. The topological polar surface area (TPSA) is 52.7 Å². The second-order valence-corrected chi connectivity index (χ2v) is 9.37. The summed E-state index contributed by atoms with van der Waals surface area (Å²) in [5.41, 5.74) is 4.10. The van der Waals surface area contributed by atoms with Crippen LogP contribution in [-0.2, 0) is 17.6 Å². The van der Waals surface area contributed by atoms with E-state index in [1.807, 2.05) is 22.4 Å². The maximum atomic E-state index is 12.7. The van der Waals surface area contributed by atoms with Crippen molar-refractivity contribution in [1.82, 2.24) is 15.1 Å². The smallest absolute Gasteiger partial charge is 0.263 e. The third-order valence-corrected chi connectivity index (χ3v) is 7.08. The molecule has 0 bridgehead atoms. The fourth-order valence-electron chi connectivity index (χ4n) is 4.48. The third-order valence-electron chi connectivity index (χ3n) is 6.22. The highest BCUT2D eigenvalue weighted by molar-refractivity contribution is 7.12. The van der Waals surface area contributed by atoms with Crippen LogP contribution in [0.5, 0.6) is 0 Å². The number of rotatable bonds is 5. The van der Waals surface area contributed by atoms with Gasteiger partial charge in [0.05, 0.1) is 17.5 Å². The van der Waals surface area contributed by atoms with Crippen LogP contribution in [0.1, 0.15) is 58.6 Å². The maximum absolute atomic E-state index is 12.7.